The predicted octanol–water partition coefficient (Wildman–Crippen LogP) is 0.681. The maximum atomic E-state index is 11.0. The van der Waals surface area contributed by atoms with Gasteiger partial charge in [0.25, 0.3) is 0 Å². The van der Waals surface area contributed by atoms with E-state index in [0.29, 0.717) is 19.3 Å². The van der Waals surface area contributed by atoms with Crippen LogP contribution in [0.5, 0.6) is 0 Å². The fourth-order valence-corrected chi connectivity index (χ4v) is 1.20. The number of rotatable bonds is 3. The van der Waals surface area contributed by atoms with Crippen molar-refractivity contribution in [2.75, 3.05) is 7.11 Å². The zero-order valence-corrected chi connectivity index (χ0v) is 8.08. The number of esters is 1. The number of methoxy groups -OCH3 is 1. The Kier molecular flexibility index (Phi) is 3.45. The molecule has 0 radical (unpaired) electrons. The minimum atomic E-state index is -0.255. The topological polar surface area (TPSA) is 69.4 Å². The van der Waals surface area contributed by atoms with Crippen LogP contribution in [0, 0.1) is 0 Å². The summed E-state index contributed by atoms with van der Waals surface area (Å²) in [6.45, 7) is 0. The number of hydrogen-bond acceptors (Lipinski definition) is 4. The summed E-state index contributed by atoms with van der Waals surface area (Å²) in [6.07, 6.45) is 4.64. The first-order valence-corrected chi connectivity index (χ1v) is 4.39. The van der Waals surface area contributed by atoms with Crippen molar-refractivity contribution in [3.8, 4) is 0 Å². The lowest BCUT2D eigenvalue weighted by molar-refractivity contribution is -0.140. The fraction of sp³-hybridized carbons (Fsp3) is 0.400. The molecule has 0 amide bonds. The van der Waals surface area contributed by atoms with Crippen LogP contribution >= 0.6 is 0 Å². The van der Waals surface area contributed by atoms with E-state index in [4.69, 9.17) is 5.73 Å². The van der Waals surface area contributed by atoms with Crippen LogP contribution in [0.15, 0.2) is 23.4 Å². The largest absolute Gasteiger partial charge is 0.469 e. The first-order valence-electron chi connectivity index (χ1n) is 4.39. The maximum absolute atomic E-state index is 11.0. The van der Waals surface area contributed by atoms with Crippen LogP contribution in [0.3, 0.4) is 0 Å². The second kappa shape index (κ2) is 4.60. The lowest BCUT2D eigenvalue weighted by Gasteiger charge is -2.08. The Balaban J connectivity index is 2.48. The Morgan fingerprint density at radius 1 is 1.64 bits per heavy atom. The molecule has 0 aliphatic heterocycles. The minimum absolute atomic E-state index is 0.0631. The van der Waals surface area contributed by atoms with Gasteiger partial charge in [-0.05, 0) is 18.1 Å². The zero-order chi connectivity index (χ0) is 10.6. The molecule has 0 saturated heterocycles. The van der Waals surface area contributed by atoms with Gasteiger partial charge in [-0.1, -0.05) is 6.08 Å². The molecule has 0 spiro atoms. The first kappa shape index (κ1) is 10.5. The van der Waals surface area contributed by atoms with E-state index < -0.39 is 0 Å². The monoisotopic (exact) mass is 195 g/mol. The molecule has 76 valence electrons. The number of nitrogens with two attached hydrogens (primary N) is 1. The molecule has 1 aliphatic rings. The molecular weight excluding hydrogens is 182 g/mol. The van der Waals surface area contributed by atoms with Gasteiger partial charge in [0.05, 0.1) is 12.8 Å². The van der Waals surface area contributed by atoms with Crippen molar-refractivity contribution in [1.29, 1.82) is 0 Å². The highest BCUT2D eigenvalue weighted by Crippen LogP contribution is 2.15. The van der Waals surface area contributed by atoms with Crippen molar-refractivity contribution >= 4 is 11.8 Å². The third-order valence-corrected chi connectivity index (χ3v) is 2.06. The molecule has 0 aromatic rings. The molecule has 2 N–H and O–H groups in total. The highest BCUT2D eigenvalue weighted by molar-refractivity contribution is 5.97. The number of ether oxygens (including phenoxy) is 1. The van der Waals surface area contributed by atoms with Gasteiger partial charge in [0.2, 0.25) is 0 Å². The average Bonchev–Trinajstić information content (AvgIpc) is 2.19. The van der Waals surface area contributed by atoms with Gasteiger partial charge in [-0.25, -0.2) is 0 Å². The Bertz CT molecular complexity index is 315. The second-order valence-corrected chi connectivity index (χ2v) is 3.08. The van der Waals surface area contributed by atoms with Crippen molar-refractivity contribution in [2.45, 2.75) is 19.3 Å². The van der Waals surface area contributed by atoms with Crippen LogP contribution < -0.4 is 5.73 Å². The van der Waals surface area contributed by atoms with Gasteiger partial charge in [-0.15, -0.1) is 0 Å². The highest BCUT2D eigenvalue weighted by Gasteiger charge is 2.11. The van der Waals surface area contributed by atoms with Crippen LogP contribution in [-0.4, -0.2) is 18.9 Å². The van der Waals surface area contributed by atoms with E-state index in [9.17, 15) is 9.59 Å². The molecule has 0 saturated carbocycles. The molecule has 0 fully saturated rings. The fourth-order valence-electron chi connectivity index (χ4n) is 1.20. The molecule has 0 atom stereocenters. The van der Waals surface area contributed by atoms with Gasteiger partial charge in [0.1, 0.15) is 0 Å². The van der Waals surface area contributed by atoms with Gasteiger partial charge in [0.15, 0.2) is 5.78 Å². The van der Waals surface area contributed by atoms with E-state index in [2.05, 4.69) is 4.74 Å². The maximum Gasteiger partial charge on any atom is 0.305 e. The molecule has 0 heterocycles. The molecule has 0 aromatic carbocycles. The van der Waals surface area contributed by atoms with Crippen LogP contribution in [0.2, 0.25) is 0 Å². The summed E-state index contributed by atoms with van der Waals surface area (Å²) in [5, 5.41) is 0. The van der Waals surface area contributed by atoms with Crippen molar-refractivity contribution in [3.63, 3.8) is 0 Å². The first-order chi connectivity index (χ1) is 6.63. The van der Waals surface area contributed by atoms with Gasteiger partial charge < -0.3 is 10.5 Å². The van der Waals surface area contributed by atoms with Crippen molar-refractivity contribution in [2.24, 2.45) is 5.73 Å². The standard InChI is InChI=1S/C10H13NO3/c1-14-10(13)5-3-7-2-4-9(12)8(11)6-7/h2,6H,3-5,11H2,1H3. The molecule has 0 aromatic heterocycles. The molecule has 0 unspecified atom stereocenters. The summed E-state index contributed by atoms with van der Waals surface area (Å²) in [5.41, 5.74) is 6.66. The van der Waals surface area contributed by atoms with Crippen molar-refractivity contribution in [3.05, 3.63) is 23.4 Å². The summed E-state index contributed by atoms with van der Waals surface area (Å²) in [4.78, 5) is 21.8. The summed E-state index contributed by atoms with van der Waals surface area (Å²) in [6, 6.07) is 0. The smallest absolute Gasteiger partial charge is 0.305 e. The zero-order valence-electron chi connectivity index (χ0n) is 8.08. The Labute approximate surface area is 82.4 Å². The van der Waals surface area contributed by atoms with Crippen LogP contribution in [0.25, 0.3) is 0 Å². The predicted molar refractivity (Wildman–Crippen MR) is 51.2 cm³/mol. The van der Waals surface area contributed by atoms with Crippen LogP contribution in [0.1, 0.15) is 19.3 Å². The lowest BCUT2D eigenvalue weighted by atomic mass is 10.00. The highest BCUT2D eigenvalue weighted by atomic mass is 16.5. The SMILES string of the molecule is COC(=O)CCC1=CCC(=O)C(N)=C1. The third kappa shape index (κ3) is 2.73. The minimum Gasteiger partial charge on any atom is -0.469 e. The van der Waals surface area contributed by atoms with Gasteiger partial charge in [0, 0.05) is 12.8 Å². The number of carbonyl (C=O) groups excluding carboxylic acids is 2. The molecule has 1 rings (SSSR count). The molecule has 4 heteroatoms. The van der Waals surface area contributed by atoms with E-state index in [1.165, 1.54) is 7.11 Å². The van der Waals surface area contributed by atoms with E-state index in [1.807, 2.05) is 0 Å². The van der Waals surface area contributed by atoms with Gasteiger partial charge in [-0.2, -0.15) is 0 Å². The van der Waals surface area contributed by atoms with Gasteiger partial charge >= 0.3 is 5.97 Å². The van der Waals surface area contributed by atoms with E-state index in [1.54, 1.807) is 12.2 Å². The summed E-state index contributed by atoms with van der Waals surface area (Å²) < 4.78 is 4.50. The molecular formula is C10H13NO3. The summed E-state index contributed by atoms with van der Waals surface area (Å²) >= 11 is 0. The summed E-state index contributed by atoms with van der Waals surface area (Å²) in [7, 11) is 1.35. The van der Waals surface area contributed by atoms with Crippen molar-refractivity contribution < 1.29 is 14.3 Å². The molecule has 14 heavy (non-hydrogen) atoms. The Morgan fingerprint density at radius 2 is 2.36 bits per heavy atom. The molecule has 0 bridgehead atoms. The number of allylic oxidation sites excluding steroid dienone is 4. The number of hydrogen-bond donors (Lipinski definition) is 1. The van der Waals surface area contributed by atoms with Gasteiger partial charge in [-0.3, -0.25) is 9.59 Å². The normalized spacial score (nSPS) is 15.9. The Morgan fingerprint density at radius 3 is 2.93 bits per heavy atom. The quantitative estimate of drug-likeness (QED) is 0.672. The molecule has 1 aliphatic carbocycles. The third-order valence-electron chi connectivity index (χ3n) is 2.06. The Hall–Kier alpha value is -1.58. The number of Topliss-reactive ketones (excluding diaryl/α,β-unsaturated/α-hetero) is 1. The average molecular weight is 195 g/mol. The van der Waals surface area contributed by atoms with E-state index >= 15 is 0 Å². The lowest BCUT2D eigenvalue weighted by Crippen LogP contribution is -2.14. The number of carbonyl (C=O) groups is 2. The number of ketones is 1. The van der Waals surface area contributed by atoms with E-state index in [-0.39, 0.29) is 17.4 Å². The second-order valence-electron chi connectivity index (χ2n) is 3.08. The summed E-state index contributed by atoms with van der Waals surface area (Å²) in [5.74, 6) is -0.318. The molecule has 4 nitrogen and oxygen atoms in total. The van der Waals surface area contributed by atoms with Crippen LogP contribution in [-0.2, 0) is 14.3 Å². The van der Waals surface area contributed by atoms with Crippen LogP contribution in [0.4, 0.5) is 0 Å². The van der Waals surface area contributed by atoms with E-state index in [0.717, 1.165) is 5.57 Å². The van der Waals surface area contributed by atoms with Crippen molar-refractivity contribution in [1.82, 2.24) is 0 Å².